The maximum Gasteiger partial charge on any atom is 0.231 e. The number of aliphatic imine (C=N–C) groups is 1. The number of nitrogens with zero attached hydrogens (tertiary/aromatic N) is 2. The van der Waals surface area contributed by atoms with Gasteiger partial charge in [0.25, 0.3) is 0 Å². The molecule has 0 bridgehead atoms. The SMILES string of the molecule is Clc1cccc(-c2nc3cc(N=Cc4cc5c(cc4Br)OCO5)ccc3o2)c1Cl. The predicted molar refractivity (Wildman–Crippen MR) is 117 cm³/mol. The van der Waals surface area contributed by atoms with Crippen LogP contribution in [0.4, 0.5) is 5.69 Å². The summed E-state index contributed by atoms with van der Waals surface area (Å²) in [5, 5.41) is 0.859. The number of rotatable bonds is 3. The second-order valence-electron chi connectivity index (χ2n) is 6.26. The summed E-state index contributed by atoms with van der Waals surface area (Å²) in [6, 6.07) is 14.6. The van der Waals surface area contributed by atoms with Crippen LogP contribution in [0.15, 0.2) is 62.4 Å². The van der Waals surface area contributed by atoms with Crippen LogP contribution in [-0.2, 0) is 0 Å². The fourth-order valence-corrected chi connectivity index (χ4v) is 3.76. The lowest BCUT2D eigenvalue weighted by atomic mass is 10.2. The van der Waals surface area contributed by atoms with Gasteiger partial charge in [0.2, 0.25) is 12.7 Å². The van der Waals surface area contributed by atoms with Crippen LogP contribution in [-0.4, -0.2) is 18.0 Å². The minimum atomic E-state index is 0.226. The summed E-state index contributed by atoms with van der Waals surface area (Å²) in [6.45, 7) is 0.226. The lowest BCUT2D eigenvalue weighted by molar-refractivity contribution is 0.174. The third kappa shape index (κ3) is 3.48. The van der Waals surface area contributed by atoms with Gasteiger partial charge in [-0.05, 0) is 58.4 Å². The molecule has 1 aromatic heterocycles. The van der Waals surface area contributed by atoms with Crippen LogP contribution >= 0.6 is 39.1 Å². The molecule has 8 heteroatoms. The van der Waals surface area contributed by atoms with Crippen molar-refractivity contribution in [3.8, 4) is 23.0 Å². The average Bonchev–Trinajstić information content (AvgIpc) is 3.34. The summed E-state index contributed by atoms with van der Waals surface area (Å²) in [5.41, 5.74) is 3.57. The number of hydrogen-bond acceptors (Lipinski definition) is 5. The van der Waals surface area contributed by atoms with Gasteiger partial charge in [-0.15, -0.1) is 0 Å². The van der Waals surface area contributed by atoms with Crippen LogP contribution in [0, 0.1) is 0 Å². The van der Waals surface area contributed by atoms with Crippen molar-refractivity contribution >= 4 is 62.1 Å². The van der Waals surface area contributed by atoms with Crippen molar-refractivity contribution in [1.82, 2.24) is 4.98 Å². The first-order chi connectivity index (χ1) is 14.1. The van der Waals surface area contributed by atoms with Gasteiger partial charge in [0.15, 0.2) is 17.1 Å². The topological polar surface area (TPSA) is 56.9 Å². The number of halogens is 3. The predicted octanol–water partition coefficient (Wildman–Crippen LogP) is 7.04. The molecule has 0 aliphatic carbocycles. The van der Waals surface area contributed by atoms with Gasteiger partial charge in [0, 0.05) is 16.3 Å². The molecule has 3 aromatic carbocycles. The number of benzene rings is 3. The molecule has 0 atom stereocenters. The van der Waals surface area contributed by atoms with Crippen LogP contribution in [0.2, 0.25) is 10.0 Å². The first kappa shape index (κ1) is 18.5. The molecule has 0 saturated carbocycles. The van der Waals surface area contributed by atoms with E-state index < -0.39 is 0 Å². The lowest BCUT2D eigenvalue weighted by Gasteiger charge is -2.01. The van der Waals surface area contributed by atoms with E-state index >= 15 is 0 Å². The van der Waals surface area contributed by atoms with Crippen LogP contribution < -0.4 is 9.47 Å². The molecule has 0 amide bonds. The van der Waals surface area contributed by atoms with E-state index in [2.05, 4.69) is 25.9 Å². The van der Waals surface area contributed by atoms with E-state index in [0.29, 0.717) is 44.1 Å². The molecule has 0 unspecified atom stereocenters. The molecule has 5 rings (SSSR count). The molecule has 2 heterocycles. The van der Waals surface area contributed by atoms with Crippen LogP contribution in [0.3, 0.4) is 0 Å². The molecule has 1 aliphatic rings. The molecule has 0 N–H and O–H groups in total. The van der Waals surface area contributed by atoms with Crippen LogP contribution in [0.5, 0.6) is 11.5 Å². The van der Waals surface area contributed by atoms with E-state index in [9.17, 15) is 0 Å². The van der Waals surface area contributed by atoms with Crippen molar-refractivity contribution in [2.45, 2.75) is 0 Å². The second kappa shape index (κ2) is 7.37. The Morgan fingerprint density at radius 3 is 2.72 bits per heavy atom. The zero-order chi connectivity index (χ0) is 20.0. The van der Waals surface area contributed by atoms with Crippen molar-refractivity contribution in [2.24, 2.45) is 4.99 Å². The largest absolute Gasteiger partial charge is 0.454 e. The highest BCUT2D eigenvalue weighted by atomic mass is 79.9. The molecule has 144 valence electrons. The molecule has 1 aliphatic heterocycles. The van der Waals surface area contributed by atoms with E-state index in [1.807, 2.05) is 36.4 Å². The van der Waals surface area contributed by atoms with Gasteiger partial charge in [-0.25, -0.2) is 4.98 Å². The van der Waals surface area contributed by atoms with Gasteiger partial charge in [0.1, 0.15) is 5.52 Å². The molecule has 29 heavy (non-hydrogen) atoms. The molecule has 0 fully saturated rings. The number of ether oxygens (including phenoxy) is 2. The Hall–Kier alpha value is -2.54. The Balaban J connectivity index is 1.48. The average molecular weight is 490 g/mol. The Kier molecular flexibility index (Phi) is 4.70. The fourth-order valence-electron chi connectivity index (χ4n) is 2.96. The maximum atomic E-state index is 6.28. The molecular formula is C21H11BrCl2N2O3. The third-order valence-electron chi connectivity index (χ3n) is 4.40. The third-order valence-corrected chi connectivity index (χ3v) is 5.90. The number of fused-ring (bicyclic) bond motifs is 2. The summed E-state index contributed by atoms with van der Waals surface area (Å²) in [6.07, 6.45) is 1.75. The molecule has 5 nitrogen and oxygen atoms in total. The highest BCUT2D eigenvalue weighted by Gasteiger charge is 2.16. The van der Waals surface area contributed by atoms with E-state index in [4.69, 9.17) is 37.1 Å². The Morgan fingerprint density at radius 1 is 1.03 bits per heavy atom. The minimum Gasteiger partial charge on any atom is -0.454 e. The smallest absolute Gasteiger partial charge is 0.231 e. The van der Waals surface area contributed by atoms with E-state index in [-0.39, 0.29) is 6.79 Å². The summed E-state index contributed by atoms with van der Waals surface area (Å²) in [5.74, 6) is 1.82. The van der Waals surface area contributed by atoms with Crippen molar-refractivity contribution in [1.29, 1.82) is 0 Å². The zero-order valence-corrected chi connectivity index (χ0v) is 17.8. The molecule has 4 aromatic rings. The van der Waals surface area contributed by atoms with Crippen molar-refractivity contribution in [3.05, 3.63) is 68.6 Å². The number of oxazole rings is 1. The summed E-state index contributed by atoms with van der Waals surface area (Å²) in [7, 11) is 0. The zero-order valence-electron chi connectivity index (χ0n) is 14.7. The second-order valence-corrected chi connectivity index (χ2v) is 7.90. The standard InChI is InChI=1S/C21H11BrCl2N2O3/c22-14-8-19-18(27-10-28-19)6-11(14)9-25-12-4-5-17-16(7-12)26-21(29-17)13-2-1-3-15(23)20(13)24/h1-9H,10H2. The quantitative estimate of drug-likeness (QED) is 0.289. The van der Waals surface area contributed by atoms with Gasteiger partial charge in [-0.3, -0.25) is 4.99 Å². The monoisotopic (exact) mass is 488 g/mol. The Labute approximate surface area is 184 Å². The maximum absolute atomic E-state index is 6.28. The minimum absolute atomic E-state index is 0.226. The van der Waals surface area contributed by atoms with Crippen LogP contribution in [0.25, 0.3) is 22.6 Å². The highest BCUT2D eigenvalue weighted by molar-refractivity contribution is 9.10. The Bertz CT molecular complexity index is 1290. The van der Waals surface area contributed by atoms with E-state index in [1.54, 1.807) is 18.3 Å². The molecular weight excluding hydrogens is 479 g/mol. The van der Waals surface area contributed by atoms with Gasteiger partial charge >= 0.3 is 0 Å². The summed E-state index contributed by atoms with van der Waals surface area (Å²) >= 11 is 15.9. The lowest BCUT2D eigenvalue weighted by Crippen LogP contribution is -1.92. The van der Waals surface area contributed by atoms with Gasteiger partial charge in [-0.2, -0.15) is 0 Å². The van der Waals surface area contributed by atoms with Crippen molar-refractivity contribution in [2.75, 3.05) is 6.79 Å². The van der Waals surface area contributed by atoms with Gasteiger partial charge in [-0.1, -0.05) is 29.3 Å². The Morgan fingerprint density at radius 2 is 1.86 bits per heavy atom. The first-order valence-corrected chi connectivity index (χ1v) is 10.1. The molecule has 0 saturated heterocycles. The van der Waals surface area contributed by atoms with Gasteiger partial charge in [0.05, 0.1) is 21.3 Å². The normalized spacial score (nSPS) is 12.9. The van der Waals surface area contributed by atoms with E-state index in [1.165, 1.54) is 0 Å². The molecule has 0 spiro atoms. The summed E-state index contributed by atoms with van der Waals surface area (Å²) in [4.78, 5) is 9.08. The van der Waals surface area contributed by atoms with E-state index in [0.717, 1.165) is 15.7 Å². The fraction of sp³-hybridized carbons (Fsp3) is 0.0476. The number of hydrogen-bond donors (Lipinski definition) is 0. The summed E-state index contributed by atoms with van der Waals surface area (Å²) < 4.78 is 17.5. The highest BCUT2D eigenvalue weighted by Crippen LogP contribution is 2.37. The van der Waals surface area contributed by atoms with Crippen molar-refractivity contribution in [3.63, 3.8) is 0 Å². The van der Waals surface area contributed by atoms with Crippen LogP contribution in [0.1, 0.15) is 5.56 Å². The molecule has 0 radical (unpaired) electrons. The number of aromatic nitrogens is 1. The first-order valence-electron chi connectivity index (χ1n) is 8.57. The van der Waals surface area contributed by atoms with Crippen molar-refractivity contribution < 1.29 is 13.9 Å². The van der Waals surface area contributed by atoms with Gasteiger partial charge < -0.3 is 13.9 Å².